The third-order valence-electron chi connectivity index (χ3n) is 3.04. The van der Waals surface area contributed by atoms with Gasteiger partial charge in [0.25, 0.3) is 5.69 Å². The van der Waals surface area contributed by atoms with Gasteiger partial charge in [-0.3, -0.25) is 14.9 Å². The number of aliphatic carboxylic acids is 1. The molecule has 1 fully saturated rings. The quantitative estimate of drug-likeness (QED) is 0.619. The minimum Gasteiger partial charge on any atom is -0.480 e. The molecule has 1 aromatic rings. The van der Waals surface area contributed by atoms with E-state index in [1.165, 1.54) is 6.07 Å². The highest BCUT2D eigenvalue weighted by molar-refractivity contribution is 9.10. The first kappa shape index (κ1) is 13.7. The Balaban J connectivity index is 2.25. The average molecular weight is 331 g/mol. The minimum absolute atomic E-state index is 0.117. The molecular weight excluding hydrogens is 320 g/mol. The fourth-order valence-electron chi connectivity index (χ4n) is 1.94. The molecule has 1 atom stereocenters. The third kappa shape index (κ3) is 2.51. The molecular formula is C10H11BrN4O4. The van der Waals surface area contributed by atoms with Gasteiger partial charge in [0.05, 0.1) is 9.40 Å². The summed E-state index contributed by atoms with van der Waals surface area (Å²) in [6, 6.07) is 1.33. The van der Waals surface area contributed by atoms with Crippen LogP contribution in [-0.2, 0) is 4.79 Å². The van der Waals surface area contributed by atoms with Crippen LogP contribution in [0.25, 0.3) is 0 Å². The summed E-state index contributed by atoms with van der Waals surface area (Å²) in [5.74, 6) is -0.604. The number of carboxylic acid groups (broad SMARTS) is 1. The van der Waals surface area contributed by atoms with E-state index in [4.69, 9.17) is 10.8 Å². The van der Waals surface area contributed by atoms with Crippen LogP contribution in [0.2, 0.25) is 0 Å². The van der Waals surface area contributed by atoms with Crippen LogP contribution in [0.1, 0.15) is 6.42 Å². The number of anilines is 1. The number of halogens is 1. The van der Waals surface area contributed by atoms with Gasteiger partial charge >= 0.3 is 5.97 Å². The molecule has 9 heteroatoms. The molecule has 102 valence electrons. The van der Waals surface area contributed by atoms with Crippen molar-refractivity contribution in [1.82, 2.24) is 4.98 Å². The first-order valence-electron chi connectivity index (χ1n) is 5.41. The molecule has 1 aliphatic heterocycles. The van der Waals surface area contributed by atoms with Crippen LogP contribution in [0.5, 0.6) is 0 Å². The van der Waals surface area contributed by atoms with Gasteiger partial charge in [0.15, 0.2) is 0 Å². The predicted molar refractivity (Wildman–Crippen MR) is 70.0 cm³/mol. The van der Waals surface area contributed by atoms with Crippen molar-refractivity contribution < 1.29 is 14.8 Å². The molecule has 1 aromatic heterocycles. The highest BCUT2D eigenvalue weighted by Gasteiger charge is 2.42. The van der Waals surface area contributed by atoms with Crippen LogP contribution in [0.3, 0.4) is 0 Å². The van der Waals surface area contributed by atoms with E-state index in [1.54, 1.807) is 4.90 Å². The zero-order chi connectivity index (χ0) is 14.2. The molecule has 0 spiro atoms. The molecule has 3 N–H and O–H groups in total. The molecule has 8 nitrogen and oxygen atoms in total. The second-order valence-corrected chi connectivity index (χ2v) is 5.24. The van der Waals surface area contributed by atoms with Crippen LogP contribution >= 0.6 is 15.9 Å². The van der Waals surface area contributed by atoms with Gasteiger partial charge in [-0.05, 0) is 22.4 Å². The van der Waals surface area contributed by atoms with E-state index < -0.39 is 16.4 Å². The molecule has 1 aliphatic rings. The maximum atomic E-state index is 11.1. The fraction of sp³-hybridized carbons (Fsp3) is 0.400. The summed E-state index contributed by atoms with van der Waals surface area (Å²) in [5.41, 5.74) is 4.33. The molecule has 0 radical (unpaired) electrons. The smallest absolute Gasteiger partial charge is 0.325 e. The number of nitrogens with two attached hydrogens (primary N) is 1. The maximum Gasteiger partial charge on any atom is 0.325 e. The van der Waals surface area contributed by atoms with E-state index in [0.29, 0.717) is 23.3 Å². The standard InChI is InChI=1S/C10H11BrN4O4/c11-7-3-6(15(18)19)4-13-8(7)14-2-1-10(12,5-14)9(16)17/h3-4H,1-2,5,12H2,(H,16,17). The van der Waals surface area contributed by atoms with Gasteiger partial charge in [-0.15, -0.1) is 0 Å². The number of carboxylic acids is 1. The SMILES string of the molecule is NC1(C(=O)O)CCN(c2ncc([N+](=O)[O-])cc2Br)C1. The van der Waals surface area contributed by atoms with Gasteiger partial charge in [-0.2, -0.15) is 0 Å². The highest BCUT2D eigenvalue weighted by atomic mass is 79.9. The topological polar surface area (TPSA) is 123 Å². The summed E-state index contributed by atoms with van der Waals surface area (Å²) < 4.78 is 0.441. The van der Waals surface area contributed by atoms with E-state index in [-0.39, 0.29) is 12.2 Å². The van der Waals surface area contributed by atoms with Gasteiger partial charge < -0.3 is 15.7 Å². The average Bonchev–Trinajstić information content (AvgIpc) is 2.73. The summed E-state index contributed by atoms with van der Waals surface area (Å²) in [6.45, 7) is 0.554. The minimum atomic E-state index is -1.30. The van der Waals surface area contributed by atoms with Crippen LogP contribution in [0.15, 0.2) is 16.7 Å². The lowest BCUT2D eigenvalue weighted by Crippen LogP contribution is -2.50. The summed E-state index contributed by atoms with van der Waals surface area (Å²) in [6.07, 6.45) is 1.44. The van der Waals surface area contributed by atoms with Crippen molar-refractivity contribution in [3.63, 3.8) is 0 Å². The van der Waals surface area contributed by atoms with E-state index in [9.17, 15) is 14.9 Å². The van der Waals surface area contributed by atoms with Crippen LogP contribution in [0.4, 0.5) is 11.5 Å². The van der Waals surface area contributed by atoms with Gasteiger partial charge in [0.2, 0.25) is 0 Å². The Bertz CT molecular complexity index is 552. The zero-order valence-corrected chi connectivity index (χ0v) is 11.3. The van der Waals surface area contributed by atoms with Crippen molar-refractivity contribution in [3.05, 3.63) is 26.9 Å². The molecule has 1 unspecified atom stereocenters. The summed E-state index contributed by atoms with van der Waals surface area (Å²) >= 11 is 3.20. The molecule has 0 bridgehead atoms. The van der Waals surface area contributed by atoms with Crippen molar-refractivity contribution >= 4 is 33.4 Å². The lowest BCUT2D eigenvalue weighted by Gasteiger charge is -2.21. The number of rotatable bonds is 3. The first-order valence-corrected chi connectivity index (χ1v) is 6.20. The van der Waals surface area contributed by atoms with Gasteiger partial charge in [0.1, 0.15) is 17.6 Å². The van der Waals surface area contributed by atoms with Crippen molar-refractivity contribution in [3.8, 4) is 0 Å². The van der Waals surface area contributed by atoms with Crippen LogP contribution in [0, 0.1) is 10.1 Å². The normalized spacial score (nSPS) is 22.5. The van der Waals surface area contributed by atoms with Crippen LogP contribution < -0.4 is 10.6 Å². The lowest BCUT2D eigenvalue weighted by molar-refractivity contribution is -0.385. The molecule has 0 amide bonds. The Labute approximate surface area is 116 Å². The fourth-order valence-corrected chi connectivity index (χ4v) is 2.53. The van der Waals surface area contributed by atoms with E-state index >= 15 is 0 Å². The summed E-state index contributed by atoms with van der Waals surface area (Å²) in [4.78, 5) is 26.8. The van der Waals surface area contributed by atoms with Gasteiger partial charge in [-0.25, -0.2) is 4.98 Å². The molecule has 2 rings (SSSR count). The summed E-state index contributed by atoms with van der Waals surface area (Å²) in [7, 11) is 0. The van der Waals surface area contributed by atoms with Crippen molar-refractivity contribution in [2.24, 2.45) is 5.73 Å². The highest BCUT2D eigenvalue weighted by Crippen LogP contribution is 2.31. The molecule has 0 aromatic carbocycles. The third-order valence-corrected chi connectivity index (χ3v) is 3.63. The predicted octanol–water partition coefficient (Wildman–Crippen LogP) is 0.744. The molecule has 19 heavy (non-hydrogen) atoms. The van der Waals surface area contributed by atoms with Crippen molar-refractivity contribution in [1.29, 1.82) is 0 Å². The second-order valence-electron chi connectivity index (χ2n) is 4.39. The number of pyridine rings is 1. The van der Waals surface area contributed by atoms with E-state index in [0.717, 1.165) is 6.20 Å². The Morgan fingerprint density at radius 2 is 2.37 bits per heavy atom. The lowest BCUT2D eigenvalue weighted by atomic mass is 10.0. The monoisotopic (exact) mass is 330 g/mol. The van der Waals surface area contributed by atoms with E-state index in [2.05, 4.69) is 20.9 Å². The second kappa shape index (κ2) is 4.74. The van der Waals surface area contributed by atoms with Gasteiger partial charge in [0, 0.05) is 19.2 Å². The number of carbonyl (C=O) groups is 1. The Morgan fingerprint density at radius 3 is 2.84 bits per heavy atom. The number of hydrogen-bond acceptors (Lipinski definition) is 6. The Kier molecular flexibility index (Phi) is 3.42. The molecule has 0 saturated carbocycles. The summed E-state index contributed by atoms with van der Waals surface area (Å²) in [5, 5.41) is 19.7. The Morgan fingerprint density at radius 1 is 1.68 bits per heavy atom. The molecule has 2 heterocycles. The van der Waals surface area contributed by atoms with Crippen molar-refractivity contribution in [2.75, 3.05) is 18.0 Å². The number of aromatic nitrogens is 1. The maximum absolute atomic E-state index is 11.1. The van der Waals surface area contributed by atoms with Crippen molar-refractivity contribution in [2.45, 2.75) is 12.0 Å². The Hall–Kier alpha value is -1.74. The van der Waals surface area contributed by atoms with Crippen LogP contribution in [-0.4, -0.2) is 39.6 Å². The largest absolute Gasteiger partial charge is 0.480 e. The van der Waals surface area contributed by atoms with Gasteiger partial charge in [-0.1, -0.05) is 0 Å². The number of hydrogen-bond donors (Lipinski definition) is 2. The van der Waals surface area contributed by atoms with E-state index in [1.807, 2.05) is 0 Å². The molecule has 1 saturated heterocycles. The first-order chi connectivity index (χ1) is 8.83. The zero-order valence-electron chi connectivity index (χ0n) is 9.74. The number of nitro groups is 1. The number of nitrogens with zero attached hydrogens (tertiary/aromatic N) is 3. The molecule has 0 aliphatic carbocycles.